The minimum absolute atomic E-state index is 0.146. The topological polar surface area (TPSA) is 41.6 Å². The summed E-state index contributed by atoms with van der Waals surface area (Å²) >= 11 is 0. The molecule has 0 radical (unpaired) electrons. The smallest absolute Gasteiger partial charge is 0.256 e. The summed E-state index contributed by atoms with van der Waals surface area (Å²) < 4.78 is 5.15. The SMILES string of the molecule is COC(C)(C)C(=O)Nc1cccc(CN(C)C)c1. The van der Waals surface area contributed by atoms with Gasteiger partial charge >= 0.3 is 0 Å². The largest absolute Gasteiger partial charge is 0.369 e. The summed E-state index contributed by atoms with van der Waals surface area (Å²) in [5.41, 5.74) is 1.13. The summed E-state index contributed by atoms with van der Waals surface area (Å²) in [4.78, 5) is 14.0. The Morgan fingerprint density at radius 3 is 2.61 bits per heavy atom. The lowest BCUT2D eigenvalue weighted by Crippen LogP contribution is -2.38. The van der Waals surface area contributed by atoms with Crippen LogP contribution >= 0.6 is 0 Å². The van der Waals surface area contributed by atoms with Crippen molar-refractivity contribution in [1.29, 1.82) is 0 Å². The Bertz CT molecular complexity index is 414. The number of anilines is 1. The standard InChI is InChI=1S/C14H22N2O2/c1-14(2,18-5)13(17)15-12-8-6-7-11(9-12)10-16(3)4/h6-9H,10H2,1-5H3,(H,15,17). The van der Waals surface area contributed by atoms with Gasteiger partial charge in [-0.15, -0.1) is 0 Å². The van der Waals surface area contributed by atoms with Gasteiger partial charge in [-0.1, -0.05) is 12.1 Å². The highest BCUT2D eigenvalue weighted by atomic mass is 16.5. The van der Waals surface area contributed by atoms with E-state index in [1.54, 1.807) is 13.8 Å². The van der Waals surface area contributed by atoms with Crippen LogP contribution in [0.5, 0.6) is 0 Å². The fourth-order valence-electron chi connectivity index (χ4n) is 1.49. The highest BCUT2D eigenvalue weighted by molar-refractivity contribution is 5.96. The summed E-state index contributed by atoms with van der Waals surface area (Å²) in [6.07, 6.45) is 0. The van der Waals surface area contributed by atoms with E-state index in [0.717, 1.165) is 17.8 Å². The van der Waals surface area contributed by atoms with Crippen LogP contribution in [-0.4, -0.2) is 37.6 Å². The summed E-state index contributed by atoms with van der Waals surface area (Å²) in [5, 5.41) is 2.86. The number of hydrogen-bond donors (Lipinski definition) is 1. The van der Waals surface area contributed by atoms with Crippen LogP contribution in [0, 0.1) is 0 Å². The van der Waals surface area contributed by atoms with E-state index in [0.29, 0.717) is 0 Å². The Balaban J connectivity index is 2.76. The molecule has 0 aliphatic carbocycles. The van der Waals surface area contributed by atoms with Crippen LogP contribution < -0.4 is 5.32 Å². The van der Waals surface area contributed by atoms with E-state index in [4.69, 9.17) is 4.74 Å². The molecule has 0 aliphatic rings. The van der Waals surface area contributed by atoms with Gasteiger partial charge < -0.3 is 15.0 Å². The predicted octanol–water partition coefficient (Wildman–Crippen LogP) is 2.11. The quantitative estimate of drug-likeness (QED) is 0.870. The summed E-state index contributed by atoms with van der Waals surface area (Å²) in [6.45, 7) is 4.33. The van der Waals surface area contributed by atoms with E-state index >= 15 is 0 Å². The van der Waals surface area contributed by atoms with Gasteiger partial charge in [-0.3, -0.25) is 4.79 Å². The van der Waals surface area contributed by atoms with E-state index < -0.39 is 5.60 Å². The van der Waals surface area contributed by atoms with Crippen LogP contribution in [0.4, 0.5) is 5.69 Å². The van der Waals surface area contributed by atoms with Gasteiger partial charge in [0.2, 0.25) is 0 Å². The van der Waals surface area contributed by atoms with Crippen LogP contribution in [0.25, 0.3) is 0 Å². The molecule has 4 nitrogen and oxygen atoms in total. The van der Waals surface area contributed by atoms with Crippen LogP contribution in [0.3, 0.4) is 0 Å². The molecule has 0 unspecified atom stereocenters. The predicted molar refractivity (Wildman–Crippen MR) is 73.6 cm³/mol. The Hall–Kier alpha value is -1.39. The second-order valence-electron chi connectivity index (χ2n) is 5.11. The van der Waals surface area contributed by atoms with Gasteiger partial charge in [0.1, 0.15) is 5.60 Å². The second-order valence-corrected chi connectivity index (χ2v) is 5.11. The molecule has 4 heteroatoms. The highest BCUT2D eigenvalue weighted by Gasteiger charge is 2.26. The molecule has 1 rings (SSSR count). The molecule has 1 N–H and O–H groups in total. The lowest BCUT2D eigenvalue weighted by molar-refractivity contribution is -0.133. The summed E-state index contributed by atoms with van der Waals surface area (Å²) in [5.74, 6) is -0.146. The number of benzene rings is 1. The maximum Gasteiger partial charge on any atom is 0.256 e. The molecule has 1 amide bonds. The van der Waals surface area contributed by atoms with Crippen LogP contribution in [0.2, 0.25) is 0 Å². The summed E-state index contributed by atoms with van der Waals surface area (Å²) in [6, 6.07) is 7.83. The van der Waals surface area contributed by atoms with Crippen molar-refractivity contribution in [2.75, 3.05) is 26.5 Å². The monoisotopic (exact) mass is 250 g/mol. The first kappa shape index (κ1) is 14.7. The molecule has 18 heavy (non-hydrogen) atoms. The highest BCUT2D eigenvalue weighted by Crippen LogP contribution is 2.15. The van der Waals surface area contributed by atoms with Crippen LogP contribution in [-0.2, 0) is 16.1 Å². The molecular formula is C14H22N2O2. The first-order valence-corrected chi connectivity index (χ1v) is 5.95. The fourth-order valence-corrected chi connectivity index (χ4v) is 1.49. The first-order valence-electron chi connectivity index (χ1n) is 5.95. The van der Waals surface area contributed by atoms with E-state index in [1.165, 1.54) is 7.11 Å². The third-order valence-electron chi connectivity index (χ3n) is 2.74. The molecule has 1 aromatic rings. The minimum atomic E-state index is -0.822. The van der Waals surface area contributed by atoms with Crippen molar-refractivity contribution < 1.29 is 9.53 Å². The molecule has 0 aromatic heterocycles. The lowest BCUT2D eigenvalue weighted by Gasteiger charge is -2.22. The Morgan fingerprint density at radius 2 is 2.06 bits per heavy atom. The normalized spacial score (nSPS) is 11.7. The second kappa shape index (κ2) is 5.98. The molecule has 100 valence electrons. The maximum absolute atomic E-state index is 12.0. The average molecular weight is 250 g/mol. The molecule has 0 aliphatic heterocycles. The molecule has 0 bridgehead atoms. The van der Waals surface area contributed by atoms with Gasteiger partial charge in [0, 0.05) is 19.3 Å². The molecular weight excluding hydrogens is 228 g/mol. The van der Waals surface area contributed by atoms with Gasteiger partial charge in [0.15, 0.2) is 0 Å². The van der Waals surface area contributed by atoms with Crippen molar-refractivity contribution >= 4 is 11.6 Å². The molecule has 0 saturated heterocycles. The van der Waals surface area contributed by atoms with Crippen molar-refractivity contribution in [2.45, 2.75) is 26.0 Å². The number of carbonyl (C=O) groups is 1. The minimum Gasteiger partial charge on any atom is -0.369 e. The zero-order valence-corrected chi connectivity index (χ0v) is 11.8. The number of methoxy groups -OCH3 is 1. The van der Waals surface area contributed by atoms with Crippen molar-refractivity contribution in [1.82, 2.24) is 4.90 Å². The van der Waals surface area contributed by atoms with Crippen molar-refractivity contribution in [2.24, 2.45) is 0 Å². The van der Waals surface area contributed by atoms with Gasteiger partial charge in [-0.05, 0) is 45.6 Å². The number of nitrogens with one attached hydrogen (secondary N) is 1. The number of ether oxygens (including phenoxy) is 1. The third kappa shape index (κ3) is 4.13. The van der Waals surface area contributed by atoms with Crippen molar-refractivity contribution in [3.8, 4) is 0 Å². The molecule has 1 aromatic carbocycles. The molecule has 0 saturated carbocycles. The van der Waals surface area contributed by atoms with E-state index in [9.17, 15) is 4.79 Å². The molecule has 0 heterocycles. The van der Waals surface area contributed by atoms with Crippen molar-refractivity contribution in [3.05, 3.63) is 29.8 Å². The van der Waals surface area contributed by atoms with E-state index in [-0.39, 0.29) is 5.91 Å². The Kier molecular flexibility index (Phi) is 4.87. The first-order chi connectivity index (χ1) is 8.35. The molecule has 0 spiro atoms. The average Bonchev–Trinajstić information content (AvgIpc) is 2.28. The van der Waals surface area contributed by atoms with Gasteiger partial charge in [0.05, 0.1) is 0 Å². The zero-order chi connectivity index (χ0) is 13.8. The Labute approximate surface area is 109 Å². The van der Waals surface area contributed by atoms with Gasteiger partial charge in [-0.25, -0.2) is 0 Å². The number of nitrogens with zero attached hydrogens (tertiary/aromatic N) is 1. The zero-order valence-electron chi connectivity index (χ0n) is 11.8. The van der Waals surface area contributed by atoms with E-state index in [1.807, 2.05) is 38.4 Å². The number of hydrogen-bond acceptors (Lipinski definition) is 3. The van der Waals surface area contributed by atoms with Crippen LogP contribution in [0.1, 0.15) is 19.4 Å². The number of amides is 1. The molecule has 0 fully saturated rings. The van der Waals surface area contributed by atoms with Crippen LogP contribution in [0.15, 0.2) is 24.3 Å². The fraction of sp³-hybridized carbons (Fsp3) is 0.500. The number of carbonyl (C=O) groups excluding carboxylic acids is 1. The molecule has 0 atom stereocenters. The Morgan fingerprint density at radius 1 is 1.39 bits per heavy atom. The van der Waals surface area contributed by atoms with Gasteiger partial charge in [0.25, 0.3) is 5.91 Å². The third-order valence-corrected chi connectivity index (χ3v) is 2.74. The van der Waals surface area contributed by atoms with Gasteiger partial charge in [-0.2, -0.15) is 0 Å². The number of rotatable bonds is 5. The summed E-state index contributed by atoms with van der Waals surface area (Å²) in [7, 11) is 5.56. The maximum atomic E-state index is 12.0. The lowest BCUT2D eigenvalue weighted by atomic mass is 10.1. The van der Waals surface area contributed by atoms with E-state index in [2.05, 4.69) is 10.2 Å². The van der Waals surface area contributed by atoms with Crippen molar-refractivity contribution in [3.63, 3.8) is 0 Å².